The van der Waals surface area contributed by atoms with Crippen molar-refractivity contribution in [1.82, 2.24) is 16.0 Å². The number of aliphatic hydroxyl groups is 2. The quantitative estimate of drug-likeness (QED) is 0.186. The summed E-state index contributed by atoms with van der Waals surface area (Å²) in [4.78, 5) is 50.4. The second-order valence-corrected chi connectivity index (χ2v) is 9.71. The molecule has 10 heteroatoms. The normalized spacial score (nSPS) is 12.7. The van der Waals surface area contributed by atoms with Gasteiger partial charge in [0.05, 0.1) is 6.61 Å². The Morgan fingerprint density at radius 2 is 1.33 bits per heavy atom. The number of rotatable bonds is 16. The van der Waals surface area contributed by atoms with Crippen molar-refractivity contribution in [2.75, 3.05) is 18.5 Å². The molecule has 202 valence electrons. The van der Waals surface area contributed by atoms with Crippen molar-refractivity contribution in [3.63, 3.8) is 0 Å². The van der Waals surface area contributed by atoms with E-state index in [2.05, 4.69) is 21.3 Å². The number of hydrogen-bond acceptors (Lipinski definition) is 6. The number of aliphatic hydroxyl groups excluding tert-OH is 2. The number of hydrogen-bond donors (Lipinski definition) is 6. The molecule has 2 atom stereocenters. The van der Waals surface area contributed by atoms with Crippen LogP contribution in [0.15, 0.2) is 24.3 Å². The molecule has 36 heavy (non-hydrogen) atoms. The van der Waals surface area contributed by atoms with Crippen LogP contribution in [0.4, 0.5) is 5.69 Å². The Bertz CT molecular complexity index is 841. The smallest absolute Gasteiger partial charge is 0.246 e. The van der Waals surface area contributed by atoms with Crippen LogP contribution in [0.25, 0.3) is 0 Å². The zero-order valence-corrected chi connectivity index (χ0v) is 21.8. The highest BCUT2D eigenvalue weighted by atomic mass is 16.3. The molecular weight excluding hydrogens is 464 g/mol. The lowest BCUT2D eigenvalue weighted by Gasteiger charge is -2.25. The second-order valence-electron chi connectivity index (χ2n) is 9.71. The fourth-order valence-corrected chi connectivity index (χ4v) is 3.49. The third-order valence-electron chi connectivity index (χ3n) is 5.34. The summed E-state index contributed by atoms with van der Waals surface area (Å²) in [6.07, 6.45) is 1.11. The number of carbonyl (C=O) groups excluding carboxylic acids is 4. The first-order valence-corrected chi connectivity index (χ1v) is 12.5. The molecule has 0 saturated carbocycles. The zero-order valence-electron chi connectivity index (χ0n) is 21.8. The predicted octanol–water partition coefficient (Wildman–Crippen LogP) is 1.46. The van der Waals surface area contributed by atoms with Crippen molar-refractivity contribution in [1.29, 1.82) is 0 Å². The van der Waals surface area contributed by atoms with Gasteiger partial charge in [0.1, 0.15) is 12.1 Å². The summed E-state index contributed by atoms with van der Waals surface area (Å²) in [5, 5.41) is 28.9. The van der Waals surface area contributed by atoms with Gasteiger partial charge in [-0.05, 0) is 48.8 Å². The van der Waals surface area contributed by atoms with Crippen LogP contribution < -0.4 is 21.3 Å². The standard InChI is InChI=1S/C26H42N4O6/c1-17(2)14-21(29-24(34)11-10-23(33)27-12-5-13-31)26(36)30-22(15-18(3)4)25(35)28-20-8-6-19(16-32)7-9-20/h6-9,17-18,21-22,31-32H,5,10-16H2,1-4H3,(H,27,33)(H,28,35)(H,29,34)(H,30,36)/t21-,22-/m0/s1. The summed E-state index contributed by atoms with van der Waals surface area (Å²) in [6.45, 7) is 7.95. The van der Waals surface area contributed by atoms with Crippen LogP contribution in [0.5, 0.6) is 0 Å². The van der Waals surface area contributed by atoms with Gasteiger partial charge < -0.3 is 31.5 Å². The van der Waals surface area contributed by atoms with E-state index in [0.29, 0.717) is 31.5 Å². The van der Waals surface area contributed by atoms with Crippen molar-refractivity contribution < 1.29 is 29.4 Å². The summed E-state index contributed by atoms with van der Waals surface area (Å²) in [5.74, 6) is -1.33. The highest BCUT2D eigenvalue weighted by Gasteiger charge is 2.28. The van der Waals surface area contributed by atoms with Crippen LogP contribution in [-0.4, -0.2) is 59.1 Å². The van der Waals surface area contributed by atoms with E-state index in [-0.39, 0.29) is 49.7 Å². The molecule has 0 aliphatic rings. The average molecular weight is 507 g/mol. The molecule has 0 heterocycles. The van der Waals surface area contributed by atoms with Crippen LogP contribution in [0.3, 0.4) is 0 Å². The fourth-order valence-electron chi connectivity index (χ4n) is 3.49. The molecule has 1 rings (SSSR count). The highest BCUT2D eigenvalue weighted by molar-refractivity contribution is 5.98. The lowest BCUT2D eigenvalue weighted by Crippen LogP contribution is -2.53. The zero-order chi connectivity index (χ0) is 27.1. The Morgan fingerprint density at radius 3 is 1.86 bits per heavy atom. The van der Waals surface area contributed by atoms with Gasteiger partial charge in [0.15, 0.2) is 0 Å². The van der Waals surface area contributed by atoms with Crippen LogP contribution in [-0.2, 0) is 25.8 Å². The van der Waals surface area contributed by atoms with E-state index in [0.717, 1.165) is 5.56 Å². The largest absolute Gasteiger partial charge is 0.396 e. The van der Waals surface area contributed by atoms with E-state index in [1.165, 1.54) is 0 Å². The molecular formula is C26H42N4O6. The van der Waals surface area contributed by atoms with E-state index in [4.69, 9.17) is 5.11 Å². The fraction of sp³-hybridized carbons (Fsp3) is 0.615. The molecule has 0 bridgehead atoms. The average Bonchev–Trinajstić information content (AvgIpc) is 2.82. The molecule has 1 aromatic carbocycles. The first kappa shape index (κ1) is 31.1. The molecule has 0 aliphatic carbocycles. The van der Waals surface area contributed by atoms with Crippen molar-refractivity contribution in [3.8, 4) is 0 Å². The Kier molecular flexibility index (Phi) is 14.4. The van der Waals surface area contributed by atoms with Gasteiger partial charge in [0.25, 0.3) is 0 Å². The van der Waals surface area contributed by atoms with Crippen molar-refractivity contribution in [2.45, 2.75) is 78.5 Å². The molecule has 0 radical (unpaired) electrons. The predicted molar refractivity (Wildman–Crippen MR) is 138 cm³/mol. The molecule has 0 unspecified atom stereocenters. The maximum absolute atomic E-state index is 13.1. The van der Waals surface area contributed by atoms with E-state index in [9.17, 15) is 24.3 Å². The summed E-state index contributed by atoms with van der Waals surface area (Å²) in [7, 11) is 0. The molecule has 0 aromatic heterocycles. The van der Waals surface area contributed by atoms with Gasteiger partial charge in [-0.15, -0.1) is 0 Å². The Morgan fingerprint density at radius 1 is 0.778 bits per heavy atom. The molecule has 0 fully saturated rings. The molecule has 1 aromatic rings. The SMILES string of the molecule is CC(C)C[C@H](NC(=O)CCC(=O)NCCCO)C(=O)N[C@@H](CC(C)C)C(=O)Nc1ccc(CO)cc1. The molecule has 10 nitrogen and oxygen atoms in total. The van der Waals surface area contributed by atoms with Crippen LogP contribution in [0, 0.1) is 11.8 Å². The summed E-state index contributed by atoms with van der Waals surface area (Å²) in [5.41, 5.74) is 1.26. The Hall–Kier alpha value is -2.98. The van der Waals surface area contributed by atoms with Crippen LogP contribution >= 0.6 is 0 Å². The Balaban J connectivity index is 2.80. The summed E-state index contributed by atoms with van der Waals surface area (Å²) in [6, 6.07) is 5.11. The molecule has 0 saturated heterocycles. The molecule has 0 spiro atoms. The monoisotopic (exact) mass is 506 g/mol. The first-order valence-electron chi connectivity index (χ1n) is 12.5. The van der Waals surface area contributed by atoms with Crippen molar-refractivity contribution >= 4 is 29.3 Å². The third kappa shape index (κ3) is 12.6. The van der Waals surface area contributed by atoms with E-state index in [1.807, 2.05) is 27.7 Å². The van der Waals surface area contributed by atoms with Crippen LogP contribution in [0.2, 0.25) is 0 Å². The number of amides is 4. The molecule has 0 aliphatic heterocycles. The number of carbonyl (C=O) groups is 4. The second kappa shape index (κ2) is 16.6. The minimum absolute atomic E-state index is 0.0271. The topological polar surface area (TPSA) is 157 Å². The van der Waals surface area contributed by atoms with Gasteiger partial charge in [-0.3, -0.25) is 19.2 Å². The van der Waals surface area contributed by atoms with E-state index >= 15 is 0 Å². The maximum atomic E-state index is 13.1. The van der Waals surface area contributed by atoms with Gasteiger partial charge in [-0.25, -0.2) is 0 Å². The van der Waals surface area contributed by atoms with Gasteiger partial charge in [-0.2, -0.15) is 0 Å². The molecule has 4 amide bonds. The van der Waals surface area contributed by atoms with Crippen molar-refractivity contribution in [3.05, 3.63) is 29.8 Å². The minimum atomic E-state index is -0.846. The Labute approximate surface area is 213 Å². The van der Waals surface area contributed by atoms with Gasteiger partial charge in [0.2, 0.25) is 23.6 Å². The van der Waals surface area contributed by atoms with E-state index in [1.54, 1.807) is 24.3 Å². The summed E-state index contributed by atoms with van der Waals surface area (Å²) < 4.78 is 0. The third-order valence-corrected chi connectivity index (χ3v) is 5.34. The number of nitrogens with one attached hydrogen (secondary N) is 4. The number of benzene rings is 1. The lowest BCUT2D eigenvalue weighted by molar-refractivity contribution is -0.132. The van der Waals surface area contributed by atoms with Crippen LogP contribution in [0.1, 0.15) is 65.4 Å². The minimum Gasteiger partial charge on any atom is -0.396 e. The number of anilines is 1. The first-order chi connectivity index (χ1) is 17.0. The lowest BCUT2D eigenvalue weighted by atomic mass is 10.00. The summed E-state index contributed by atoms with van der Waals surface area (Å²) >= 11 is 0. The van der Waals surface area contributed by atoms with Gasteiger partial charge >= 0.3 is 0 Å². The highest BCUT2D eigenvalue weighted by Crippen LogP contribution is 2.13. The van der Waals surface area contributed by atoms with Gasteiger partial charge in [-0.1, -0.05) is 39.8 Å². The van der Waals surface area contributed by atoms with Crippen molar-refractivity contribution in [2.24, 2.45) is 11.8 Å². The maximum Gasteiger partial charge on any atom is 0.246 e. The molecule has 6 N–H and O–H groups in total. The van der Waals surface area contributed by atoms with Gasteiger partial charge in [0, 0.05) is 31.7 Å². The van der Waals surface area contributed by atoms with E-state index < -0.39 is 23.9 Å².